The van der Waals surface area contributed by atoms with Crippen molar-refractivity contribution >= 4 is 86.2 Å². The highest BCUT2D eigenvalue weighted by Gasteiger charge is 2.49. The Balaban J connectivity index is 0.000000164. The number of aryl methyl sites for hydroxylation is 3. The Labute approximate surface area is 659 Å². The molecule has 6 aliphatic rings. The Kier molecular flexibility index (Phi) is 18.8. The lowest BCUT2D eigenvalue weighted by Gasteiger charge is -2.17. The van der Waals surface area contributed by atoms with Gasteiger partial charge in [0, 0.05) is 88.7 Å². The summed E-state index contributed by atoms with van der Waals surface area (Å²) < 4.78 is 215. The molecule has 0 radical (unpaired) electrons. The zero-order chi connectivity index (χ0) is 93.2. The zero-order valence-electron chi connectivity index (χ0n) is 77.7. The molecule has 582 valence electrons. The molecule has 0 saturated heterocycles. The third-order valence-electron chi connectivity index (χ3n) is 19.0. The van der Waals surface area contributed by atoms with Crippen LogP contribution in [0, 0.1) is 38.2 Å². The fourth-order valence-electron chi connectivity index (χ4n) is 13.0. The predicted molar refractivity (Wildman–Crippen MR) is 398 cm³/mol. The summed E-state index contributed by atoms with van der Waals surface area (Å²) in [5.41, 5.74) is -1.80. The lowest BCUT2D eigenvalue weighted by molar-refractivity contribution is -0.0629. The summed E-state index contributed by atoms with van der Waals surface area (Å²) in [5.74, 6) is -2.17. The summed E-state index contributed by atoms with van der Waals surface area (Å²) in [5, 5.41) is 126. The Hall–Kier alpha value is -7.14. The number of hydrogen-bond donors (Lipinski definition) is 12. The predicted octanol–water partition coefficient (Wildman–Crippen LogP) is 6.55. The first-order valence-corrected chi connectivity index (χ1v) is 37.1. The number of rotatable bonds is 30. The van der Waals surface area contributed by atoms with Crippen LogP contribution >= 0.6 is 35.3 Å². The molecule has 0 aliphatic heterocycles. The minimum atomic E-state index is -3.45. The van der Waals surface area contributed by atoms with Gasteiger partial charge < -0.3 is 76.1 Å². The summed E-state index contributed by atoms with van der Waals surface area (Å²) in [6, 6.07) is 7.93. The molecule has 6 fully saturated rings. The Bertz CT molecular complexity index is 5530. The van der Waals surface area contributed by atoms with Gasteiger partial charge in [-0.1, -0.05) is 108 Å². The molecular weight excluding hydrogens is 1460 g/mol. The van der Waals surface area contributed by atoms with E-state index in [0.717, 1.165) is 40.9 Å². The largest absolute Gasteiger partial charge is 0.394 e. The van der Waals surface area contributed by atoms with Crippen LogP contribution in [0.3, 0.4) is 0 Å². The van der Waals surface area contributed by atoms with Crippen molar-refractivity contribution in [1.82, 2.24) is 74.9 Å². The topological polar surface area (TPSA) is 415 Å². The molecule has 30 nitrogen and oxygen atoms in total. The van der Waals surface area contributed by atoms with E-state index in [0.29, 0.717) is 79.9 Å². The minimum absolute atomic E-state index is 0.0114. The van der Waals surface area contributed by atoms with Gasteiger partial charge in [0.25, 0.3) is 0 Å². The fraction of sp³-hybridized carbons (Fsp3) is 0.583. The van der Waals surface area contributed by atoms with Crippen molar-refractivity contribution < 1.29 is 99.4 Å². The lowest BCUT2D eigenvalue weighted by Crippen LogP contribution is -2.33. The van der Waals surface area contributed by atoms with E-state index in [-0.39, 0.29) is 88.5 Å². The molecule has 6 heterocycles. The maximum absolute atomic E-state index is 14.3. The standard InChI is InChI=1S/3C24H31FN6O4S/c3*1-3-8-36-24-27-22(26-16-10-14(16)13-5-4-12(2)15(25)9-13)19-23(28-24)31(30-29-19)17-11-18(35-7-6-32)21(34)20(17)33/h3*4-5,9,14,16-18,20-21,32-34H,3,6-8,10-11H2,1-2H3,(H,26,27,28)/t3*14-,16+,17+,18-,20-,21+/m000/s1/i3D2,6D2,7D2,8D2,10D2;3D2,7D2,8D2,10D2;16D. The molecule has 6 aliphatic carbocycles. The molecule has 108 heavy (non-hydrogen) atoms. The van der Waals surface area contributed by atoms with E-state index in [2.05, 4.69) is 76.8 Å². The summed E-state index contributed by atoms with van der Waals surface area (Å²) in [6.07, 6.45) is -19.7. The molecule has 0 spiro atoms. The molecular formula is C72H93F3N18O12S3. The van der Waals surface area contributed by atoms with Gasteiger partial charge in [0.15, 0.2) is 66.4 Å². The van der Waals surface area contributed by atoms with Gasteiger partial charge in [-0.25, -0.2) is 57.1 Å². The van der Waals surface area contributed by atoms with Crippen LogP contribution < -0.4 is 16.0 Å². The van der Waals surface area contributed by atoms with Gasteiger partial charge in [-0.15, -0.1) is 15.3 Å². The van der Waals surface area contributed by atoms with Crippen LogP contribution in [-0.4, -0.2) is 251 Å². The number of anilines is 3. The smallest absolute Gasteiger partial charge is 0.191 e. The van der Waals surface area contributed by atoms with E-state index in [9.17, 15) is 54.0 Å². The first-order chi connectivity index (χ1) is 59.0. The highest BCUT2D eigenvalue weighted by Crippen LogP contribution is 2.48. The van der Waals surface area contributed by atoms with E-state index in [1.54, 1.807) is 45.0 Å². The van der Waals surface area contributed by atoms with Gasteiger partial charge in [0.2, 0.25) is 0 Å². The number of ether oxygens (including phenoxy) is 3. The number of aliphatic hydroxyl groups is 9. The van der Waals surface area contributed by atoms with Crippen LogP contribution in [-0.2, 0) is 14.2 Å². The Morgan fingerprint density at radius 1 is 0.500 bits per heavy atom. The molecule has 0 bridgehead atoms. The van der Waals surface area contributed by atoms with Crippen LogP contribution in [0.5, 0.6) is 0 Å². The van der Waals surface area contributed by atoms with Gasteiger partial charge in [0.05, 0.1) is 85.5 Å². The molecule has 3 aromatic carbocycles. The van der Waals surface area contributed by atoms with E-state index in [1.165, 1.54) is 40.7 Å². The summed E-state index contributed by atoms with van der Waals surface area (Å²) in [4.78, 5) is 26.5. The molecule has 36 heteroatoms. The second kappa shape index (κ2) is 35.1. The highest BCUT2D eigenvalue weighted by atomic mass is 32.2. The quantitative estimate of drug-likeness (QED) is 0.0168. The SMILES string of the molecule is [2H]C([2H])(CO)O[C@H]1C[C@@H](n2nnc3c(N[C@H]4[C@H](c5ccc(C)c(F)c5)C4([2H])[2H])nc(SC([2H])([2H])C([2H])([2H])C)nc32)[C@H](O)[C@@H]1O.[2H]C1([2H])[C@@H](Nc2nc(SC([2H])([2H])C([2H])([2H])C)nc3c2nnn3[C@@H]2C[C@H](OC([2H])([2H])C([2H])([2H])O)[C@@H](O)[C@H]2O)[C@@H]1c1ccc(C)c(F)c1.[2H][C@@]1(Nc2nc(SCCC)nc3c2nnn3[C@@H]2C[C@H](OCCO)[C@@H](O)[C@H]2O)C[C@H]1c1ccc(C)c(F)c1. The fourth-order valence-corrected chi connectivity index (χ4v) is 14.6. The number of halogens is 3. The Morgan fingerprint density at radius 3 is 1.27 bits per heavy atom. The second-order valence-electron chi connectivity index (χ2n) is 26.2. The van der Waals surface area contributed by atoms with Crippen LogP contribution in [0.1, 0.15) is 174 Å². The maximum Gasteiger partial charge on any atom is 0.191 e. The van der Waals surface area contributed by atoms with Crippen LogP contribution in [0.15, 0.2) is 70.1 Å². The van der Waals surface area contributed by atoms with Crippen molar-refractivity contribution in [2.45, 2.75) is 224 Å². The molecule has 12 N–H and O–H groups in total. The molecule has 6 saturated carbocycles. The number of nitrogens with one attached hydrogen (secondary N) is 3. The monoisotopic (exact) mass is 1570 g/mol. The average molecular weight is 1570 g/mol. The minimum Gasteiger partial charge on any atom is -0.394 e. The zero-order valence-corrected chi connectivity index (χ0v) is 61.1. The lowest BCUT2D eigenvalue weighted by atomic mass is 10.1. The number of fused-ring (bicyclic) bond motifs is 3. The Morgan fingerprint density at radius 2 is 0.889 bits per heavy atom. The van der Waals surface area contributed by atoms with Crippen molar-refractivity contribution in [3.63, 3.8) is 0 Å². The second-order valence-corrected chi connectivity index (χ2v) is 28.8. The van der Waals surface area contributed by atoms with Crippen LogP contribution in [0.4, 0.5) is 30.6 Å². The first-order valence-electron chi connectivity index (χ1n) is 44.0. The number of nitrogens with zero attached hydrogens (tertiary/aromatic N) is 15. The van der Waals surface area contributed by atoms with Crippen molar-refractivity contribution in [2.24, 2.45) is 0 Å². The molecule has 6 aromatic heterocycles. The molecule has 0 unspecified atom stereocenters. The first kappa shape index (κ1) is 57.8. The van der Waals surface area contributed by atoms with Crippen molar-refractivity contribution in [3.8, 4) is 0 Å². The third kappa shape index (κ3) is 17.5. The van der Waals surface area contributed by atoms with Crippen LogP contribution in [0.25, 0.3) is 33.5 Å². The van der Waals surface area contributed by atoms with Gasteiger partial charge in [0.1, 0.15) is 54.1 Å². The van der Waals surface area contributed by atoms with E-state index in [4.69, 9.17) is 45.4 Å². The van der Waals surface area contributed by atoms with E-state index >= 15 is 0 Å². The maximum atomic E-state index is 14.3. The van der Waals surface area contributed by atoms with E-state index in [1.807, 2.05) is 13.0 Å². The van der Waals surface area contributed by atoms with Gasteiger partial charge in [-0.2, -0.15) is 0 Å². The number of benzene rings is 3. The summed E-state index contributed by atoms with van der Waals surface area (Å²) in [7, 11) is 0. The van der Waals surface area contributed by atoms with Gasteiger partial charge >= 0.3 is 0 Å². The number of thioether (sulfide) groups is 3. The molecule has 9 aromatic rings. The van der Waals surface area contributed by atoms with Gasteiger partial charge in [-0.3, -0.25) is 0 Å². The normalized spacial score (nSPS) is 32.8. The number of aromatic nitrogens is 15. The summed E-state index contributed by atoms with van der Waals surface area (Å²) in [6.45, 7) is -1.37. The highest BCUT2D eigenvalue weighted by molar-refractivity contribution is 7.99. The molecule has 18 atom stereocenters. The summed E-state index contributed by atoms with van der Waals surface area (Å²) >= 11 is 2.15. The molecule has 15 rings (SSSR count). The van der Waals surface area contributed by atoms with Crippen molar-refractivity contribution in [2.75, 3.05) is 72.6 Å². The van der Waals surface area contributed by atoms with Gasteiger partial charge in [-0.05, 0) is 111 Å². The van der Waals surface area contributed by atoms with E-state index < -0.39 is 178 Å². The van der Waals surface area contributed by atoms with Crippen molar-refractivity contribution in [3.05, 3.63) is 105 Å². The average Bonchev–Trinajstić information content (AvgIpc) is 1.55. The number of hydrogen-bond acceptors (Lipinski definition) is 30. The van der Waals surface area contributed by atoms with Crippen LogP contribution in [0.2, 0.25) is 0 Å². The molecule has 0 amide bonds. The third-order valence-corrected chi connectivity index (χ3v) is 21.4. The number of aliphatic hydroxyl groups excluding tert-OH is 8. The van der Waals surface area contributed by atoms with Crippen molar-refractivity contribution in [1.29, 1.82) is 0 Å².